The summed E-state index contributed by atoms with van der Waals surface area (Å²) in [6.45, 7) is 1.90. The van der Waals surface area contributed by atoms with Gasteiger partial charge in [0.15, 0.2) is 0 Å². The molecule has 3 nitrogen and oxygen atoms in total. The largest absolute Gasteiger partial charge is 0.398 e. The number of rotatable bonds is 2. The highest BCUT2D eigenvalue weighted by Crippen LogP contribution is 2.24. The molecule has 0 radical (unpaired) electrons. The number of anilines is 2. The first-order chi connectivity index (χ1) is 8.97. The summed E-state index contributed by atoms with van der Waals surface area (Å²) in [6, 6.07) is 10.8. The molecule has 19 heavy (non-hydrogen) atoms. The zero-order valence-corrected chi connectivity index (χ0v) is 13.4. The van der Waals surface area contributed by atoms with E-state index >= 15 is 0 Å². The number of hydrogen-bond acceptors (Lipinski definition) is 2. The molecule has 98 valence electrons. The fourth-order valence-corrected chi connectivity index (χ4v) is 2.54. The van der Waals surface area contributed by atoms with Gasteiger partial charge in [-0.15, -0.1) is 0 Å². The van der Waals surface area contributed by atoms with Crippen LogP contribution in [0.1, 0.15) is 15.9 Å². The van der Waals surface area contributed by atoms with Gasteiger partial charge in [-0.05, 0) is 64.8 Å². The molecule has 0 atom stereocenters. The van der Waals surface area contributed by atoms with Gasteiger partial charge >= 0.3 is 0 Å². The highest BCUT2D eigenvalue weighted by molar-refractivity contribution is 9.10. The van der Waals surface area contributed by atoms with Crippen LogP contribution in [0.25, 0.3) is 0 Å². The second-order valence-corrected chi connectivity index (χ2v) is 5.92. The average Bonchev–Trinajstić information content (AvgIpc) is 2.33. The average molecular weight is 384 g/mol. The third kappa shape index (κ3) is 3.36. The Morgan fingerprint density at radius 1 is 1.16 bits per heavy atom. The summed E-state index contributed by atoms with van der Waals surface area (Å²) in [6.07, 6.45) is 0. The topological polar surface area (TPSA) is 55.1 Å². The molecule has 0 unspecified atom stereocenters. The molecule has 0 saturated heterocycles. The monoisotopic (exact) mass is 382 g/mol. The van der Waals surface area contributed by atoms with Crippen molar-refractivity contribution in [2.24, 2.45) is 0 Å². The molecule has 2 rings (SSSR count). The Balaban J connectivity index is 2.23. The molecule has 0 aromatic heterocycles. The van der Waals surface area contributed by atoms with Gasteiger partial charge in [0, 0.05) is 25.9 Å². The molecule has 2 aromatic carbocycles. The van der Waals surface area contributed by atoms with Crippen molar-refractivity contribution < 1.29 is 4.79 Å². The lowest BCUT2D eigenvalue weighted by Gasteiger charge is -2.09. The van der Waals surface area contributed by atoms with Crippen molar-refractivity contribution in [1.29, 1.82) is 0 Å². The van der Waals surface area contributed by atoms with Crippen molar-refractivity contribution in [2.45, 2.75) is 6.92 Å². The summed E-state index contributed by atoms with van der Waals surface area (Å²) in [5.41, 5.74) is 8.61. The summed E-state index contributed by atoms with van der Waals surface area (Å²) in [5, 5.41) is 2.85. The Morgan fingerprint density at radius 3 is 2.53 bits per heavy atom. The van der Waals surface area contributed by atoms with Crippen LogP contribution in [0.15, 0.2) is 45.3 Å². The van der Waals surface area contributed by atoms with Gasteiger partial charge < -0.3 is 11.1 Å². The summed E-state index contributed by atoms with van der Waals surface area (Å²) < 4.78 is 1.72. The Bertz CT molecular complexity index is 641. The van der Waals surface area contributed by atoms with E-state index in [0.29, 0.717) is 16.9 Å². The minimum Gasteiger partial charge on any atom is -0.398 e. The molecule has 0 heterocycles. The van der Waals surface area contributed by atoms with Crippen LogP contribution in [0.5, 0.6) is 0 Å². The quantitative estimate of drug-likeness (QED) is 0.757. The van der Waals surface area contributed by atoms with Crippen molar-refractivity contribution in [3.8, 4) is 0 Å². The maximum absolute atomic E-state index is 12.2. The maximum atomic E-state index is 12.2. The van der Waals surface area contributed by atoms with Gasteiger partial charge in [-0.3, -0.25) is 4.79 Å². The van der Waals surface area contributed by atoms with Gasteiger partial charge in [-0.1, -0.05) is 15.9 Å². The van der Waals surface area contributed by atoms with Gasteiger partial charge in [-0.25, -0.2) is 0 Å². The van der Waals surface area contributed by atoms with Crippen LogP contribution in [0.3, 0.4) is 0 Å². The van der Waals surface area contributed by atoms with E-state index in [-0.39, 0.29) is 5.91 Å². The van der Waals surface area contributed by atoms with E-state index in [1.54, 1.807) is 24.3 Å². The van der Waals surface area contributed by atoms with Crippen LogP contribution < -0.4 is 11.1 Å². The number of amides is 1. The number of nitrogen functional groups attached to an aromatic ring is 1. The van der Waals surface area contributed by atoms with Crippen LogP contribution in [-0.4, -0.2) is 5.91 Å². The molecule has 3 N–H and O–H groups in total. The van der Waals surface area contributed by atoms with Gasteiger partial charge in [0.05, 0.1) is 0 Å². The zero-order valence-electron chi connectivity index (χ0n) is 10.2. The van der Waals surface area contributed by atoms with E-state index in [2.05, 4.69) is 37.2 Å². The smallest absolute Gasteiger partial charge is 0.255 e. The number of carbonyl (C=O) groups excluding carboxylic acids is 1. The number of nitrogens with one attached hydrogen (secondary N) is 1. The molecular formula is C14H12Br2N2O. The summed E-state index contributed by atoms with van der Waals surface area (Å²) in [7, 11) is 0. The van der Waals surface area contributed by atoms with Crippen LogP contribution in [0.2, 0.25) is 0 Å². The molecule has 0 aliphatic rings. The molecule has 1 amide bonds. The second-order valence-electron chi connectivity index (χ2n) is 4.15. The van der Waals surface area contributed by atoms with Gasteiger partial charge in [-0.2, -0.15) is 0 Å². The number of benzene rings is 2. The molecule has 0 saturated carbocycles. The first kappa shape index (κ1) is 14.1. The number of nitrogens with two attached hydrogens (primary N) is 1. The van der Waals surface area contributed by atoms with E-state index in [4.69, 9.17) is 5.73 Å². The highest BCUT2D eigenvalue weighted by atomic mass is 79.9. The number of aryl methyl sites for hydroxylation is 1. The lowest BCUT2D eigenvalue weighted by atomic mass is 10.1. The predicted molar refractivity (Wildman–Crippen MR) is 85.4 cm³/mol. The minimum atomic E-state index is -0.137. The second kappa shape index (κ2) is 5.75. The Hall–Kier alpha value is -1.33. The van der Waals surface area contributed by atoms with E-state index in [0.717, 1.165) is 14.5 Å². The van der Waals surface area contributed by atoms with E-state index < -0.39 is 0 Å². The maximum Gasteiger partial charge on any atom is 0.255 e. The predicted octanol–water partition coefficient (Wildman–Crippen LogP) is 4.35. The van der Waals surface area contributed by atoms with Gasteiger partial charge in [0.1, 0.15) is 0 Å². The van der Waals surface area contributed by atoms with E-state index in [1.807, 2.05) is 19.1 Å². The third-order valence-electron chi connectivity index (χ3n) is 2.69. The lowest BCUT2D eigenvalue weighted by molar-refractivity contribution is 0.102. The Kier molecular flexibility index (Phi) is 4.27. The molecule has 2 aromatic rings. The molecule has 0 aliphatic carbocycles. The Labute approximate surface area is 128 Å². The first-order valence-corrected chi connectivity index (χ1v) is 7.18. The van der Waals surface area contributed by atoms with Gasteiger partial charge in [0.2, 0.25) is 0 Å². The molecule has 0 bridgehead atoms. The van der Waals surface area contributed by atoms with Crippen molar-refractivity contribution in [2.75, 3.05) is 11.1 Å². The standard InChI is InChI=1S/C14H12Br2N2O/c1-8-6-9(15)2-4-11(8)14(19)18-10-3-5-13(17)12(16)7-10/h2-7H,17H2,1H3,(H,18,19). The van der Waals surface area contributed by atoms with Crippen LogP contribution in [-0.2, 0) is 0 Å². The number of hydrogen-bond donors (Lipinski definition) is 2. The number of carbonyl (C=O) groups is 1. The van der Waals surface area contributed by atoms with Crippen LogP contribution in [0.4, 0.5) is 11.4 Å². The van der Waals surface area contributed by atoms with Gasteiger partial charge in [0.25, 0.3) is 5.91 Å². The first-order valence-electron chi connectivity index (χ1n) is 5.60. The van der Waals surface area contributed by atoms with Crippen molar-refractivity contribution in [3.05, 3.63) is 56.5 Å². The molecule has 0 fully saturated rings. The van der Waals surface area contributed by atoms with E-state index in [1.165, 1.54) is 0 Å². The van der Waals surface area contributed by atoms with Crippen molar-refractivity contribution >= 4 is 49.1 Å². The molecule has 5 heteroatoms. The fraction of sp³-hybridized carbons (Fsp3) is 0.0714. The van der Waals surface area contributed by atoms with E-state index in [9.17, 15) is 4.79 Å². The minimum absolute atomic E-state index is 0.137. The normalized spacial score (nSPS) is 10.3. The Morgan fingerprint density at radius 2 is 1.89 bits per heavy atom. The SMILES string of the molecule is Cc1cc(Br)ccc1C(=O)Nc1ccc(N)c(Br)c1. The molecular weight excluding hydrogens is 372 g/mol. The van der Waals surface area contributed by atoms with Crippen LogP contribution >= 0.6 is 31.9 Å². The van der Waals surface area contributed by atoms with Crippen molar-refractivity contribution in [3.63, 3.8) is 0 Å². The number of halogens is 2. The summed E-state index contributed by atoms with van der Waals surface area (Å²) in [4.78, 5) is 12.2. The zero-order chi connectivity index (χ0) is 14.0. The van der Waals surface area contributed by atoms with Crippen molar-refractivity contribution in [1.82, 2.24) is 0 Å². The van der Waals surface area contributed by atoms with Crippen LogP contribution in [0, 0.1) is 6.92 Å². The highest BCUT2D eigenvalue weighted by Gasteiger charge is 2.10. The molecule has 0 aliphatic heterocycles. The lowest BCUT2D eigenvalue weighted by Crippen LogP contribution is -2.13. The summed E-state index contributed by atoms with van der Waals surface area (Å²) in [5.74, 6) is -0.137. The molecule has 0 spiro atoms. The fourth-order valence-electron chi connectivity index (χ4n) is 1.69. The summed E-state index contributed by atoms with van der Waals surface area (Å²) >= 11 is 6.71. The third-order valence-corrected chi connectivity index (χ3v) is 3.87.